The first-order chi connectivity index (χ1) is 7.56. The zero-order valence-electron chi connectivity index (χ0n) is 10.2. The van der Waals surface area contributed by atoms with E-state index in [-0.39, 0.29) is 18.0 Å². The van der Waals surface area contributed by atoms with Crippen LogP contribution in [0.1, 0.15) is 32.3 Å². The predicted octanol–water partition coefficient (Wildman–Crippen LogP) is 2.75. The fourth-order valence-electron chi connectivity index (χ4n) is 1.49. The minimum Gasteiger partial charge on any atom is -0.496 e. The Kier molecular flexibility index (Phi) is 4.35. The lowest BCUT2D eigenvalue weighted by molar-refractivity contribution is -0.148. The van der Waals surface area contributed by atoms with Crippen molar-refractivity contribution >= 4 is 5.97 Å². The molecule has 0 amide bonds. The van der Waals surface area contributed by atoms with E-state index >= 15 is 0 Å². The molecular weight excluding hydrogens is 204 g/mol. The minimum absolute atomic E-state index is 0.0929. The summed E-state index contributed by atoms with van der Waals surface area (Å²) in [6.45, 7) is 5.50. The fraction of sp³-hybridized carbons (Fsp3) is 0.462. The number of benzene rings is 1. The number of carbonyl (C=O) groups is 1. The third-order valence-corrected chi connectivity index (χ3v) is 2.31. The minimum atomic E-state index is -0.307. The molecule has 0 aromatic heterocycles. The first-order valence-corrected chi connectivity index (χ1v) is 5.39. The van der Waals surface area contributed by atoms with E-state index in [0.717, 1.165) is 11.3 Å². The van der Waals surface area contributed by atoms with Crippen LogP contribution in [-0.4, -0.2) is 19.2 Å². The molecule has 1 aromatic rings. The second kappa shape index (κ2) is 5.54. The van der Waals surface area contributed by atoms with Crippen molar-refractivity contribution in [3.8, 4) is 5.75 Å². The van der Waals surface area contributed by atoms with Crippen LogP contribution in [0, 0.1) is 0 Å². The van der Waals surface area contributed by atoms with Crippen LogP contribution in [-0.2, 0) is 9.53 Å². The third-order valence-electron chi connectivity index (χ3n) is 2.31. The van der Waals surface area contributed by atoms with Crippen LogP contribution in [0.4, 0.5) is 0 Å². The summed E-state index contributed by atoms with van der Waals surface area (Å²) in [5.74, 6) is 0.189. The zero-order valence-corrected chi connectivity index (χ0v) is 10.2. The molecule has 0 N–H and O–H groups in total. The summed E-state index contributed by atoms with van der Waals surface area (Å²) in [5, 5.41) is 0. The van der Waals surface area contributed by atoms with Gasteiger partial charge in [-0.25, -0.2) is 0 Å². The molecule has 0 aliphatic rings. The largest absolute Gasteiger partial charge is 0.496 e. The van der Waals surface area contributed by atoms with Gasteiger partial charge in [0.15, 0.2) is 0 Å². The Morgan fingerprint density at radius 3 is 2.38 bits per heavy atom. The van der Waals surface area contributed by atoms with Crippen molar-refractivity contribution in [2.24, 2.45) is 0 Å². The van der Waals surface area contributed by atoms with Gasteiger partial charge in [0.05, 0.1) is 19.1 Å². The number of para-hydroxylation sites is 1. The molecule has 1 unspecified atom stereocenters. The van der Waals surface area contributed by atoms with Gasteiger partial charge in [-0.3, -0.25) is 4.79 Å². The number of ether oxygens (including phenoxy) is 2. The van der Waals surface area contributed by atoms with Crippen LogP contribution in [0.15, 0.2) is 24.3 Å². The van der Waals surface area contributed by atoms with Gasteiger partial charge in [-0.2, -0.15) is 0 Å². The molecular formula is C13H18O3. The van der Waals surface area contributed by atoms with Crippen molar-refractivity contribution in [2.75, 3.05) is 7.11 Å². The molecule has 1 atom stereocenters. The molecule has 0 bridgehead atoms. The topological polar surface area (TPSA) is 35.5 Å². The molecule has 1 rings (SSSR count). The highest BCUT2D eigenvalue weighted by atomic mass is 16.5. The van der Waals surface area contributed by atoms with E-state index in [9.17, 15) is 4.79 Å². The summed E-state index contributed by atoms with van der Waals surface area (Å²) in [6, 6.07) is 7.49. The first kappa shape index (κ1) is 12.6. The van der Waals surface area contributed by atoms with E-state index in [2.05, 4.69) is 0 Å². The Hall–Kier alpha value is -1.51. The smallest absolute Gasteiger partial charge is 0.313 e. The van der Waals surface area contributed by atoms with E-state index in [0.29, 0.717) is 0 Å². The molecule has 1 aromatic carbocycles. The lowest BCUT2D eigenvalue weighted by Gasteiger charge is -2.16. The second-order valence-electron chi connectivity index (χ2n) is 3.95. The molecule has 3 nitrogen and oxygen atoms in total. The lowest BCUT2D eigenvalue weighted by Crippen LogP contribution is -2.18. The molecule has 3 heteroatoms. The van der Waals surface area contributed by atoms with Crippen LogP contribution in [0.2, 0.25) is 0 Å². The Morgan fingerprint density at radius 1 is 1.19 bits per heavy atom. The second-order valence-corrected chi connectivity index (χ2v) is 3.95. The molecule has 0 aliphatic carbocycles. The Morgan fingerprint density at radius 2 is 1.81 bits per heavy atom. The standard InChI is InChI=1S/C13H18O3/c1-9(2)16-13(14)10(3)11-7-5-6-8-12(11)15-4/h5-10H,1-4H3. The number of rotatable bonds is 4. The molecule has 0 saturated carbocycles. The van der Waals surface area contributed by atoms with Crippen molar-refractivity contribution in [3.05, 3.63) is 29.8 Å². The summed E-state index contributed by atoms with van der Waals surface area (Å²) in [7, 11) is 1.60. The van der Waals surface area contributed by atoms with Gasteiger partial charge >= 0.3 is 5.97 Å². The number of carbonyl (C=O) groups excluding carboxylic acids is 1. The number of hydrogen-bond donors (Lipinski definition) is 0. The summed E-state index contributed by atoms with van der Waals surface area (Å²) in [6.07, 6.45) is -0.0929. The highest BCUT2D eigenvalue weighted by molar-refractivity contribution is 5.78. The molecule has 0 saturated heterocycles. The van der Waals surface area contributed by atoms with Crippen LogP contribution in [0.3, 0.4) is 0 Å². The summed E-state index contributed by atoms with van der Waals surface area (Å²) in [4.78, 5) is 11.7. The van der Waals surface area contributed by atoms with Gasteiger partial charge in [-0.1, -0.05) is 18.2 Å². The maximum Gasteiger partial charge on any atom is 0.313 e. The quantitative estimate of drug-likeness (QED) is 0.735. The van der Waals surface area contributed by atoms with Crippen molar-refractivity contribution < 1.29 is 14.3 Å². The summed E-state index contributed by atoms with van der Waals surface area (Å²) < 4.78 is 10.4. The van der Waals surface area contributed by atoms with Crippen LogP contribution in [0.25, 0.3) is 0 Å². The molecule has 16 heavy (non-hydrogen) atoms. The van der Waals surface area contributed by atoms with Gasteiger partial charge in [0, 0.05) is 5.56 Å². The molecule has 88 valence electrons. The number of hydrogen-bond acceptors (Lipinski definition) is 3. The molecule has 0 fully saturated rings. The SMILES string of the molecule is COc1ccccc1C(C)C(=O)OC(C)C. The van der Waals surface area contributed by atoms with Gasteiger partial charge in [0.2, 0.25) is 0 Å². The van der Waals surface area contributed by atoms with Crippen molar-refractivity contribution in [2.45, 2.75) is 32.8 Å². The Bertz CT molecular complexity index is 358. The average molecular weight is 222 g/mol. The Balaban J connectivity index is 2.87. The average Bonchev–Trinajstić information content (AvgIpc) is 2.27. The molecule has 0 aliphatic heterocycles. The normalized spacial score (nSPS) is 12.3. The lowest BCUT2D eigenvalue weighted by atomic mass is 10.0. The van der Waals surface area contributed by atoms with E-state index in [1.807, 2.05) is 45.0 Å². The van der Waals surface area contributed by atoms with Gasteiger partial charge < -0.3 is 9.47 Å². The number of methoxy groups -OCH3 is 1. The summed E-state index contributed by atoms with van der Waals surface area (Å²) in [5.41, 5.74) is 0.857. The Labute approximate surface area is 96.4 Å². The zero-order chi connectivity index (χ0) is 12.1. The molecule has 0 heterocycles. The van der Waals surface area contributed by atoms with Gasteiger partial charge in [0.25, 0.3) is 0 Å². The summed E-state index contributed by atoms with van der Waals surface area (Å²) >= 11 is 0. The fourth-order valence-corrected chi connectivity index (χ4v) is 1.49. The van der Waals surface area contributed by atoms with Crippen molar-refractivity contribution in [1.82, 2.24) is 0 Å². The van der Waals surface area contributed by atoms with Gasteiger partial charge in [-0.15, -0.1) is 0 Å². The van der Waals surface area contributed by atoms with Crippen molar-refractivity contribution in [3.63, 3.8) is 0 Å². The molecule has 0 spiro atoms. The monoisotopic (exact) mass is 222 g/mol. The van der Waals surface area contributed by atoms with Crippen LogP contribution in [0.5, 0.6) is 5.75 Å². The van der Waals surface area contributed by atoms with E-state index in [4.69, 9.17) is 9.47 Å². The third kappa shape index (κ3) is 2.99. The van der Waals surface area contributed by atoms with Crippen LogP contribution < -0.4 is 4.74 Å². The molecule has 0 radical (unpaired) electrons. The first-order valence-electron chi connectivity index (χ1n) is 5.39. The highest BCUT2D eigenvalue weighted by Gasteiger charge is 2.20. The number of esters is 1. The van der Waals surface area contributed by atoms with E-state index < -0.39 is 0 Å². The van der Waals surface area contributed by atoms with Gasteiger partial charge in [-0.05, 0) is 26.8 Å². The maximum absolute atomic E-state index is 11.7. The van der Waals surface area contributed by atoms with E-state index in [1.54, 1.807) is 7.11 Å². The predicted molar refractivity (Wildman–Crippen MR) is 62.6 cm³/mol. The van der Waals surface area contributed by atoms with Crippen LogP contribution >= 0.6 is 0 Å². The van der Waals surface area contributed by atoms with Crippen molar-refractivity contribution in [1.29, 1.82) is 0 Å². The van der Waals surface area contributed by atoms with E-state index in [1.165, 1.54) is 0 Å². The maximum atomic E-state index is 11.7. The van der Waals surface area contributed by atoms with Gasteiger partial charge in [0.1, 0.15) is 5.75 Å². The highest BCUT2D eigenvalue weighted by Crippen LogP contribution is 2.27.